The van der Waals surface area contributed by atoms with Crippen molar-refractivity contribution in [3.63, 3.8) is 0 Å². The molecule has 0 radical (unpaired) electrons. The van der Waals surface area contributed by atoms with Crippen LogP contribution >= 0.6 is 0 Å². The van der Waals surface area contributed by atoms with Crippen LogP contribution in [0.15, 0.2) is 0 Å². The van der Waals surface area contributed by atoms with Gasteiger partial charge in [0.05, 0.1) is 0 Å². The first-order chi connectivity index (χ1) is 14.3. The zero-order valence-corrected chi connectivity index (χ0v) is 24.2. The third-order valence-corrected chi connectivity index (χ3v) is 12.4. The molecule has 4 aliphatic rings. The van der Waals surface area contributed by atoms with Crippen molar-refractivity contribution >= 4 is 16.6 Å². The monoisotopic (exact) mass is 464 g/mol. The molecule has 0 heterocycles. The molecule has 31 heavy (non-hydrogen) atoms. The van der Waals surface area contributed by atoms with Crippen molar-refractivity contribution in [3.8, 4) is 0 Å². The third kappa shape index (κ3) is 4.54. The Hall–Kier alpha value is 0.354. The highest BCUT2D eigenvalue weighted by Gasteiger charge is 2.62. The molecule has 4 aliphatic carbocycles. The molecule has 0 aromatic carbocycles. The van der Waals surface area contributed by atoms with Gasteiger partial charge in [0.1, 0.15) is 0 Å². The quantitative estimate of drug-likeness (QED) is 0.382. The summed E-state index contributed by atoms with van der Waals surface area (Å²) in [5.41, 5.74) is 1.05. The van der Waals surface area contributed by atoms with Gasteiger partial charge < -0.3 is 8.85 Å². The molecule has 0 N–H and O–H groups in total. The predicted molar refractivity (Wildman–Crippen MR) is 137 cm³/mol. The predicted octanol–water partition coefficient (Wildman–Crippen LogP) is 8.11. The molecule has 4 saturated carbocycles. The van der Waals surface area contributed by atoms with E-state index in [0.717, 1.165) is 23.7 Å². The average Bonchev–Trinajstić information content (AvgIpc) is 2.97. The van der Waals surface area contributed by atoms with Crippen LogP contribution in [0.3, 0.4) is 0 Å². The lowest BCUT2D eigenvalue weighted by Gasteiger charge is -2.63. The Balaban J connectivity index is 1.64. The summed E-state index contributed by atoms with van der Waals surface area (Å²) in [5, 5.41) is 0. The lowest BCUT2D eigenvalue weighted by atomic mass is 9.44. The van der Waals surface area contributed by atoms with E-state index >= 15 is 0 Å². The van der Waals surface area contributed by atoms with Crippen LogP contribution in [0.5, 0.6) is 0 Å². The van der Waals surface area contributed by atoms with Gasteiger partial charge in [0, 0.05) is 12.2 Å². The summed E-state index contributed by atoms with van der Waals surface area (Å²) in [4.78, 5) is 0. The summed E-state index contributed by atoms with van der Waals surface area (Å²) in [6, 6.07) is 0. The largest absolute Gasteiger partial charge is 0.415 e. The highest BCUT2D eigenvalue weighted by atomic mass is 28.4. The molecule has 0 aliphatic heterocycles. The van der Waals surface area contributed by atoms with Crippen LogP contribution in [-0.4, -0.2) is 28.8 Å². The maximum absolute atomic E-state index is 7.07. The lowest BCUT2D eigenvalue weighted by molar-refractivity contribution is -0.165. The van der Waals surface area contributed by atoms with E-state index in [0.29, 0.717) is 29.0 Å². The van der Waals surface area contributed by atoms with E-state index in [1.165, 1.54) is 57.8 Å². The fourth-order valence-electron chi connectivity index (χ4n) is 9.20. The Morgan fingerprint density at radius 3 is 1.94 bits per heavy atom. The van der Waals surface area contributed by atoms with E-state index < -0.39 is 16.6 Å². The minimum Gasteiger partial charge on any atom is -0.415 e. The van der Waals surface area contributed by atoms with Crippen molar-refractivity contribution in [1.82, 2.24) is 0 Å². The molecule has 0 bridgehead atoms. The second-order valence-electron chi connectivity index (χ2n) is 14.3. The van der Waals surface area contributed by atoms with Gasteiger partial charge in [-0.05, 0) is 131 Å². The van der Waals surface area contributed by atoms with Crippen molar-refractivity contribution in [2.45, 2.75) is 130 Å². The van der Waals surface area contributed by atoms with Gasteiger partial charge in [-0.15, -0.1) is 0 Å². The van der Waals surface area contributed by atoms with Gasteiger partial charge in [-0.3, -0.25) is 0 Å². The van der Waals surface area contributed by atoms with Crippen molar-refractivity contribution in [2.75, 3.05) is 0 Å². The van der Waals surface area contributed by atoms with Crippen LogP contribution in [0.1, 0.15) is 78.6 Å². The minimum absolute atomic E-state index is 0.457. The van der Waals surface area contributed by atoms with Gasteiger partial charge in [0.15, 0.2) is 16.6 Å². The number of fused-ring (bicyclic) bond motifs is 5. The molecular weight excluding hydrogens is 412 g/mol. The Kier molecular flexibility index (Phi) is 6.50. The van der Waals surface area contributed by atoms with Crippen LogP contribution in [0.4, 0.5) is 0 Å². The molecule has 4 fully saturated rings. The summed E-state index contributed by atoms with van der Waals surface area (Å²) in [7, 11) is -3.08. The number of hydrogen-bond donors (Lipinski definition) is 0. The molecule has 9 atom stereocenters. The molecule has 0 aromatic rings. The second kappa shape index (κ2) is 8.24. The maximum Gasteiger partial charge on any atom is 0.184 e. The first kappa shape index (κ1) is 24.5. The summed E-state index contributed by atoms with van der Waals surface area (Å²) < 4.78 is 13.8. The van der Waals surface area contributed by atoms with Crippen LogP contribution in [0.25, 0.3) is 0 Å². The molecule has 4 heteroatoms. The van der Waals surface area contributed by atoms with Gasteiger partial charge in [-0.1, -0.05) is 27.2 Å². The third-order valence-electron chi connectivity index (χ3n) is 10.3. The van der Waals surface area contributed by atoms with Crippen LogP contribution in [0.2, 0.25) is 39.3 Å². The van der Waals surface area contributed by atoms with E-state index in [2.05, 4.69) is 60.1 Å². The summed E-state index contributed by atoms with van der Waals surface area (Å²) in [5.74, 6) is 4.41. The van der Waals surface area contributed by atoms with Crippen molar-refractivity contribution in [2.24, 2.45) is 40.4 Å². The smallest absolute Gasteiger partial charge is 0.184 e. The van der Waals surface area contributed by atoms with E-state index in [1.807, 2.05) is 0 Å². The van der Waals surface area contributed by atoms with Gasteiger partial charge >= 0.3 is 0 Å². The maximum atomic E-state index is 7.07. The van der Waals surface area contributed by atoms with Crippen LogP contribution in [0, 0.1) is 40.4 Å². The first-order valence-electron chi connectivity index (χ1n) is 13.6. The van der Waals surface area contributed by atoms with E-state index in [-0.39, 0.29) is 0 Å². The van der Waals surface area contributed by atoms with Crippen LogP contribution in [-0.2, 0) is 8.85 Å². The summed E-state index contributed by atoms with van der Waals surface area (Å²) >= 11 is 0. The summed E-state index contributed by atoms with van der Waals surface area (Å²) in [6.45, 7) is 22.1. The van der Waals surface area contributed by atoms with E-state index in [9.17, 15) is 0 Å². The standard InChI is InChI=1S/C27H52O2Si2/c1-10-19-11-12-22-21-18-25(29-31(7,8)9)24-17-20(28-30(4,5)6)13-15-27(24,3)23(21)14-16-26(19,22)2/h19-25H,10-18H2,1-9H3/t19-,20+,21-,22-,23-,24-,25-,26+,27+/m0/s1. The average molecular weight is 465 g/mol. The minimum atomic E-state index is -1.58. The Morgan fingerprint density at radius 1 is 0.710 bits per heavy atom. The van der Waals surface area contributed by atoms with E-state index in [1.54, 1.807) is 0 Å². The zero-order valence-electron chi connectivity index (χ0n) is 22.2. The number of rotatable bonds is 5. The van der Waals surface area contributed by atoms with Gasteiger partial charge in [0.25, 0.3) is 0 Å². The molecule has 4 rings (SSSR count). The normalized spacial score (nSPS) is 48.1. The molecule has 0 saturated heterocycles. The lowest BCUT2D eigenvalue weighted by Crippen LogP contribution is -2.60. The zero-order chi connectivity index (χ0) is 22.8. The molecule has 0 amide bonds. The van der Waals surface area contributed by atoms with E-state index in [4.69, 9.17) is 8.85 Å². The van der Waals surface area contributed by atoms with Gasteiger partial charge in [-0.2, -0.15) is 0 Å². The van der Waals surface area contributed by atoms with Crippen LogP contribution < -0.4 is 0 Å². The molecule has 180 valence electrons. The fourth-order valence-corrected chi connectivity index (χ4v) is 11.6. The Morgan fingerprint density at radius 2 is 1.32 bits per heavy atom. The SMILES string of the molecule is CC[C@H]1CC[C@H]2[C@@H]3C[C@H](O[Si](C)(C)C)[C@@H]4C[C@H](O[Si](C)(C)C)CC[C@]4(C)[C@H]3CC[C@]12C. The Bertz CT molecular complexity index is 653. The van der Waals surface area contributed by atoms with Crippen molar-refractivity contribution in [1.29, 1.82) is 0 Å². The van der Waals surface area contributed by atoms with Gasteiger partial charge in [-0.25, -0.2) is 0 Å². The van der Waals surface area contributed by atoms with Gasteiger partial charge in [0.2, 0.25) is 0 Å². The molecular formula is C27H52O2Si2. The van der Waals surface area contributed by atoms with Crippen molar-refractivity contribution < 1.29 is 8.85 Å². The number of hydrogen-bond acceptors (Lipinski definition) is 2. The molecule has 2 nitrogen and oxygen atoms in total. The summed E-state index contributed by atoms with van der Waals surface area (Å²) in [6.07, 6.45) is 13.5. The van der Waals surface area contributed by atoms with Crippen molar-refractivity contribution in [3.05, 3.63) is 0 Å². The highest BCUT2D eigenvalue weighted by molar-refractivity contribution is 6.70. The highest BCUT2D eigenvalue weighted by Crippen LogP contribution is 2.68. The topological polar surface area (TPSA) is 18.5 Å². The Labute approximate surface area is 195 Å². The molecule has 0 spiro atoms. The fraction of sp³-hybridized carbons (Fsp3) is 1.00. The molecule has 0 unspecified atom stereocenters. The first-order valence-corrected chi connectivity index (χ1v) is 20.4. The molecule has 0 aromatic heterocycles. The second-order valence-corrected chi connectivity index (χ2v) is 23.3.